The van der Waals surface area contributed by atoms with Gasteiger partial charge in [0.2, 0.25) is 0 Å². The first-order valence-corrected chi connectivity index (χ1v) is 10.6. The van der Waals surface area contributed by atoms with Crippen molar-refractivity contribution in [2.75, 3.05) is 18.5 Å². The number of hydrogen-bond acceptors (Lipinski definition) is 3. The summed E-state index contributed by atoms with van der Waals surface area (Å²) in [5.41, 5.74) is 2.77. The van der Waals surface area contributed by atoms with E-state index in [0.29, 0.717) is 11.3 Å². The molecule has 0 bridgehead atoms. The lowest BCUT2D eigenvalue weighted by molar-refractivity contribution is 0.0577. The first-order chi connectivity index (χ1) is 14.4. The van der Waals surface area contributed by atoms with Crippen LogP contribution in [0.1, 0.15) is 44.4 Å². The number of benzene rings is 2. The van der Waals surface area contributed by atoms with Crippen LogP contribution in [0.15, 0.2) is 35.3 Å². The molecule has 0 N–H and O–H groups in total. The Bertz CT molecular complexity index is 970. The first-order valence-electron chi connectivity index (χ1n) is 10.2. The van der Waals surface area contributed by atoms with E-state index in [9.17, 15) is 9.18 Å². The lowest BCUT2D eigenvalue weighted by atomic mass is 10.1. The summed E-state index contributed by atoms with van der Waals surface area (Å²) >= 11 is 5.95. The van der Waals surface area contributed by atoms with Gasteiger partial charge >= 0.3 is 6.09 Å². The molecule has 2 aromatic rings. The van der Waals surface area contributed by atoms with Crippen molar-refractivity contribution in [3.05, 3.63) is 57.9 Å². The first kappa shape index (κ1) is 24.7. The average molecular weight is 448 g/mol. The summed E-state index contributed by atoms with van der Waals surface area (Å²) in [7, 11) is 1.95. The third kappa shape index (κ3) is 6.69. The normalized spacial score (nSPS) is 11.6. The topological polar surface area (TPSA) is 45.1 Å². The van der Waals surface area contributed by atoms with Crippen molar-refractivity contribution >= 4 is 35.4 Å². The van der Waals surface area contributed by atoms with Crippen LogP contribution in [0.5, 0.6) is 0 Å². The van der Waals surface area contributed by atoms with Gasteiger partial charge in [0.25, 0.3) is 0 Å². The molecule has 0 aromatic heterocycles. The van der Waals surface area contributed by atoms with Crippen LogP contribution in [0.25, 0.3) is 0 Å². The fraction of sp³-hybridized carbons (Fsp3) is 0.417. The monoisotopic (exact) mass is 447 g/mol. The maximum absolute atomic E-state index is 14.6. The number of carbonyl (C=O) groups excluding carboxylic acids is 1. The number of aryl methyl sites for hydroxylation is 2. The Morgan fingerprint density at radius 2 is 1.90 bits per heavy atom. The van der Waals surface area contributed by atoms with E-state index in [-0.39, 0.29) is 11.6 Å². The second kappa shape index (κ2) is 10.1. The number of anilines is 1. The number of halogens is 2. The van der Waals surface area contributed by atoms with Gasteiger partial charge in [-0.2, -0.15) is 0 Å². The molecule has 0 unspecified atom stereocenters. The molecule has 0 spiro atoms. The summed E-state index contributed by atoms with van der Waals surface area (Å²) in [4.78, 5) is 21.0. The number of aliphatic imine (C=N–C) groups is 1. The smallest absolute Gasteiger partial charge is 0.415 e. The molecular formula is C24H31ClFN3O2. The summed E-state index contributed by atoms with van der Waals surface area (Å²) in [5.74, 6) is -0.545. The number of nitrogens with zero attached hydrogens (tertiary/aromatic N) is 3. The Balaban J connectivity index is 2.50. The van der Waals surface area contributed by atoms with Gasteiger partial charge in [-0.1, -0.05) is 23.7 Å². The van der Waals surface area contributed by atoms with Crippen molar-refractivity contribution in [2.24, 2.45) is 4.99 Å². The number of hydrogen-bond donors (Lipinski definition) is 0. The molecule has 5 nitrogen and oxygen atoms in total. The van der Waals surface area contributed by atoms with E-state index >= 15 is 0 Å². The highest BCUT2D eigenvalue weighted by atomic mass is 35.5. The van der Waals surface area contributed by atoms with Gasteiger partial charge in [0.05, 0.1) is 29.3 Å². The molecular weight excluding hydrogens is 417 g/mol. The molecule has 0 aliphatic heterocycles. The molecule has 31 heavy (non-hydrogen) atoms. The lowest BCUT2D eigenvalue weighted by Crippen LogP contribution is -2.37. The van der Waals surface area contributed by atoms with Gasteiger partial charge in [-0.15, -0.1) is 0 Å². The van der Waals surface area contributed by atoms with Gasteiger partial charge in [0, 0.05) is 19.2 Å². The Morgan fingerprint density at radius 3 is 2.52 bits per heavy atom. The number of ether oxygens (including phenoxy) is 1. The van der Waals surface area contributed by atoms with Crippen LogP contribution < -0.4 is 4.90 Å². The van der Waals surface area contributed by atoms with Crippen LogP contribution in [-0.4, -0.2) is 36.5 Å². The van der Waals surface area contributed by atoms with Crippen molar-refractivity contribution in [2.45, 2.75) is 53.7 Å². The quantitative estimate of drug-likeness (QED) is 0.368. The van der Waals surface area contributed by atoms with Gasteiger partial charge < -0.3 is 9.64 Å². The Hall–Kier alpha value is -2.60. The fourth-order valence-electron chi connectivity index (χ4n) is 2.86. The molecule has 2 rings (SSSR count). The van der Waals surface area contributed by atoms with E-state index < -0.39 is 17.5 Å². The van der Waals surface area contributed by atoms with Gasteiger partial charge in [-0.05, 0) is 70.9 Å². The molecule has 2 aromatic carbocycles. The molecule has 0 atom stereocenters. The largest absolute Gasteiger partial charge is 0.443 e. The van der Waals surface area contributed by atoms with Crippen LogP contribution in [0.3, 0.4) is 0 Å². The van der Waals surface area contributed by atoms with Crippen LogP contribution in [0, 0.1) is 19.7 Å². The van der Waals surface area contributed by atoms with Crippen molar-refractivity contribution in [1.82, 2.24) is 4.90 Å². The van der Waals surface area contributed by atoms with Gasteiger partial charge in [0.1, 0.15) is 11.4 Å². The van der Waals surface area contributed by atoms with E-state index in [2.05, 4.69) is 4.99 Å². The third-order valence-electron chi connectivity index (χ3n) is 4.67. The zero-order valence-corrected chi connectivity index (χ0v) is 20.0. The molecule has 0 aliphatic carbocycles. The van der Waals surface area contributed by atoms with E-state index in [0.717, 1.165) is 23.4 Å². The van der Waals surface area contributed by atoms with E-state index in [1.807, 2.05) is 44.9 Å². The number of rotatable bonds is 6. The average Bonchev–Trinajstić information content (AvgIpc) is 2.68. The highest BCUT2D eigenvalue weighted by Crippen LogP contribution is 2.32. The molecule has 168 valence electrons. The molecule has 0 saturated carbocycles. The third-order valence-corrected chi connectivity index (χ3v) is 4.96. The molecule has 7 heteroatoms. The minimum Gasteiger partial charge on any atom is -0.443 e. The van der Waals surface area contributed by atoms with Crippen molar-refractivity contribution in [1.29, 1.82) is 0 Å². The van der Waals surface area contributed by atoms with Crippen molar-refractivity contribution in [3.8, 4) is 0 Å². The zero-order valence-electron chi connectivity index (χ0n) is 19.3. The molecule has 0 saturated heterocycles. The van der Waals surface area contributed by atoms with Crippen LogP contribution in [0.2, 0.25) is 5.02 Å². The number of amides is 1. The predicted molar refractivity (Wildman–Crippen MR) is 126 cm³/mol. The van der Waals surface area contributed by atoms with Crippen molar-refractivity contribution in [3.63, 3.8) is 0 Å². The molecule has 0 aliphatic rings. The van der Waals surface area contributed by atoms with Gasteiger partial charge in [0.15, 0.2) is 0 Å². The minimum absolute atomic E-state index is 0.0111. The lowest BCUT2D eigenvalue weighted by Gasteiger charge is -2.29. The Labute approximate surface area is 189 Å². The summed E-state index contributed by atoms with van der Waals surface area (Å²) in [5, 5.41) is 0.0132. The SMILES string of the molecule is CCN(C)C=Nc1cc(C)c(N(Cc2cccc(Cl)c2F)C(=O)OC(C)(C)C)cc1C. The predicted octanol–water partition coefficient (Wildman–Crippen LogP) is 6.65. The van der Waals surface area contributed by atoms with Crippen LogP contribution in [-0.2, 0) is 11.3 Å². The summed E-state index contributed by atoms with van der Waals surface area (Å²) in [6.07, 6.45) is 1.21. The van der Waals surface area contributed by atoms with E-state index in [4.69, 9.17) is 16.3 Å². The number of carbonyl (C=O) groups is 1. The fourth-order valence-corrected chi connectivity index (χ4v) is 3.06. The standard InChI is InChI=1S/C24H31ClFN3O2/c1-8-28(7)15-27-20-12-17(3)21(13-16(20)2)29(23(30)31-24(4,5)6)14-18-10-9-11-19(25)22(18)26/h9-13,15H,8,14H2,1-7H3. The summed E-state index contributed by atoms with van der Waals surface area (Å²) in [6, 6.07) is 8.54. The van der Waals surface area contributed by atoms with Gasteiger partial charge in [-0.25, -0.2) is 14.2 Å². The van der Waals surface area contributed by atoms with Crippen molar-refractivity contribution < 1.29 is 13.9 Å². The Morgan fingerprint density at radius 1 is 1.23 bits per heavy atom. The second-order valence-corrected chi connectivity index (χ2v) is 8.93. The summed E-state index contributed by atoms with van der Waals surface area (Å²) < 4.78 is 20.2. The Kier molecular flexibility index (Phi) is 8.07. The zero-order chi connectivity index (χ0) is 23.3. The molecule has 1 amide bonds. The van der Waals surface area contributed by atoms with Crippen LogP contribution in [0.4, 0.5) is 20.6 Å². The minimum atomic E-state index is -0.694. The van der Waals surface area contributed by atoms with E-state index in [1.54, 1.807) is 39.2 Å². The molecule has 0 fully saturated rings. The van der Waals surface area contributed by atoms with Gasteiger partial charge in [-0.3, -0.25) is 4.90 Å². The highest BCUT2D eigenvalue weighted by molar-refractivity contribution is 6.30. The summed E-state index contributed by atoms with van der Waals surface area (Å²) in [6.45, 7) is 12.1. The van der Waals surface area contributed by atoms with E-state index in [1.165, 1.54) is 11.0 Å². The maximum Gasteiger partial charge on any atom is 0.415 e. The highest BCUT2D eigenvalue weighted by Gasteiger charge is 2.26. The second-order valence-electron chi connectivity index (χ2n) is 8.52. The molecule has 0 heterocycles. The molecule has 0 radical (unpaired) electrons. The van der Waals surface area contributed by atoms with Crippen LogP contribution >= 0.6 is 11.6 Å². The maximum atomic E-state index is 14.6.